The summed E-state index contributed by atoms with van der Waals surface area (Å²) < 4.78 is 18.9. The van der Waals surface area contributed by atoms with Gasteiger partial charge in [-0.25, -0.2) is 4.39 Å². The van der Waals surface area contributed by atoms with Gasteiger partial charge in [0.25, 0.3) is 5.91 Å². The monoisotopic (exact) mass is 556 g/mol. The Morgan fingerprint density at radius 2 is 1.88 bits per heavy atom. The van der Waals surface area contributed by atoms with Gasteiger partial charge in [0.05, 0.1) is 24.8 Å². The van der Waals surface area contributed by atoms with Crippen LogP contribution in [0, 0.1) is 5.82 Å². The minimum absolute atomic E-state index is 0. The standard InChI is InChI=1S/C22H29FN6O2.HI/c1-24-22(27-10-9-26-21(30)18-3-2-8-25-15-18)28-16-20(29-11-13-31-14-12-29)17-4-6-19(23)7-5-17;/h2-8,15,20H,9-14,16H2,1H3,(H,26,30)(H2,24,27,28);1H. The molecule has 2 heterocycles. The number of pyridine rings is 1. The number of amides is 1. The molecule has 0 radical (unpaired) electrons. The largest absolute Gasteiger partial charge is 0.379 e. The van der Waals surface area contributed by atoms with Gasteiger partial charge in [-0.3, -0.25) is 19.7 Å². The highest BCUT2D eigenvalue weighted by Gasteiger charge is 2.23. The van der Waals surface area contributed by atoms with E-state index in [4.69, 9.17) is 4.74 Å². The number of rotatable bonds is 8. The van der Waals surface area contributed by atoms with Gasteiger partial charge in [-0.05, 0) is 29.8 Å². The first-order valence-corrected chi connectivity index (χ1v) is 10.4. The fourth-order valence-electron chi connectivity index (χ4n) is 3.40. The van der Waals surface area contributed by atoms with Crippen molar-refractivity contribution in [1.82, 2.24) is 25.8 Å². The van der Waals surface area contributed by atoms with Crippen molar-refractivity contribution in [2.75, 3.05) is 53.0 Å². The Bertz CT molecular complexity index is 847. The first-order valence-electron chi connectivity index (χ1n) is 10.4. The molecule has 32 heavy (non-hydrogen) atoms. The molecule has 1 atom stereocenters. The van der Waals surface area contributed by atoms with Crippen LogP contribution in [0.25, 0.3) is 0 Å². The molecule has 3 N–H and O–H groups in total. The Labute approximate surface area is 205 Å². The molecule has 1 amide bonds. The van der Waals surface area contributed by atoms with E-state index in [2.05, 4.69) is 30.8 Å². The molecule has 1 aliphatic rings. The van der Waals surface area contributed by atoms with Gasteiger partial charge in [-0.1, -0.05) is 12.1 Å². The number of guanidine groups is 1. The second-order valence-corrected chi connectivity index (χ2v) is 7.09. The summed E-state index contributed by atoms with van der Waals surface area (Å²) >= 11 is 0. The zero-order valence-corrected chi connectivity index (χ0v) is 20.4. The van der Waals surface area contributed by atoms with Crippen LogP contribution in [-0.4, -0.2) is 74.7 Å². The predicted octanol–water partition coefficient (Wildman–Crippen LogP) is 1.81. The van der Waals surface area contributed by atoms with Crippen LogP contribution >= 0.6 is 24.0 Å². The van der Waals surface area contributed by atoms with Crippen LogP contribution < -0.4 is 16.0 Å². The van der Waals surface area contributed by atoms with Crippen LogP contribution in [0.1, 0.15) is 22.0 Å². The number of carbonyl (C=O) groups is 1. The summed E-state index contributed by atoms with van der Waals surface area (Å²) in [4.78, 5) is 22.6. The van der Waals surface area contributed by atoms with Crippen LogP contribution in [0.5, 0.6) is 0 Å². The van der Waals surface area contributed by atoms with E-state index in [1.54, 1.807) is 25.4 Å². The molecular weight excluding hydrogens is 526 g/mol. The summed E-state index contributed by atoms with van der Waals surface area (Å²) in [5, 5.41) is 9.38. The molecule has 1 aliphatic heterocycles. The summed E-state index contributed by atoms with van der Waals surface area (Å²) in [7, 11) is 1.70. The molecular formula is C22H30FIN6O2. The highest BCUT2D eigenvalue weighted by atomic mass is 127. The number of carbonyl (C=O) groups excluding carboxylic acids is 1. The number of morpholine rings is 1. The lowest BCUT2D eigenvalue weighted by Gasteiger charge is -2.35. The van der Waals surface area contributed by atoms with Crippen LogP contribution in [0.2, 0.25) is 0 Å². The quantitative estimate of drug-likeness (QED) is 0.199. The summed E-state index contributed by atoms with van der Waals surface area (Å²) in [5.74, 6) is 0.223. The van der Waals surface area contributed by atoms with Gasteiger partial charge in [-0.15, -0.1) is 24.0 Å². The van der Waals surface area contributed by atoms with Gasteiger partial charge in [0.15, 0.2) is 5.96 Å². The number of benzene rings is 1. The molecule has 0 spiro atoms. The van der Waals surface area contributed by atoms with Crippen LogP contribution in [0.15, 0.2) is 53.8 Å². The molecule has 1 fully saturated rings. The van der Waals surface area contributed by atoms with Crippen molar-refractivity contribution >= 4 is 35.8 Å². The van der Waals surface area contributed by atoms with Crippen LogP contribution in [0.3, 0.4) is 0 Å². The maximum atomic E-state index is 13.4. The molecule has 1 aromatic carbocycles. The topological polar surface area (TPSA) is 90.9 Å². The fraction of sp³-hybridized carbons (Fsp3) is 0.409. The molecule has 1 saturated heterocycles. The van der Waals surface area contributed by atoms with Gasteiger partial charge in [-0.2, -0.15) is 0 Å². The molecule has 8 nitrogen and oxygen atoms in total. The number of halogens is 2. The lowest BCUT2D eigenvalue weighted by atomic mass is 10.0. The zero-order chi connectivity index (χ0) is 21.9. The molecule has 0 aliphatic carbocycles. The smallest absolute Gasteiger partial charge is 0.252 e. The molecule has 0 bridgehead atoms. The number of hydrogen-bond donors (Lipinski definition) is 3. The lowest BCUT2D eigenvalue weighted by molar-refractivity contribution is 0.0170. The number of ether oxygens (including phenoxy) is 1. The highest BCUT2D eigenvalue weighted by Crippen LogP contribution is 2.21. The highest BCUT2D eigenvalue weighted by molar-refractivity contribution is 14.0. The van der Waals surface area contributed by atoms with Crippen LogP contribution in [-0.2, 0) is 4.74 Å². The SMILES string of the molecule is CN=C(NCCNC(=O)c1cccnc1)NCC(c1ccc(F)cc1)N1CCOCC1.I. The van der Waals surface area contributed by atoms with E-state index in [1.165, 1.54) is 18.3 Å². The Balaban J connectivity index is 0.00000363. The molecule has 3 rings (SSSR count). The first-order chi connectivity index (χ1) is 15.2. The molecule has 174 valence electrons. The molecule has 2 aromatic rings. The van der Waals surface area contributed by atoms with E-state index >= 15 is 0 Å². The van der Waals surface area contributed by atoms with Gasteiger partial charge in [0.1, 0.15) is 5.82 Å². The third kappa shape index (κ3) is 7.99. The van der Waals surface area contributed by atoms with Crippen molar-refractivity contribution in [1.29, 1.82) is 0 Å². The molecule has 0 saturated carbocycles. The number of nitrogens with one attached hydrogen (secondary N) is 3. The zero-order valence-electron chi connectivity index (χ0n) is 18.1. The number of hydrogen-bond acceptors (Lipinski definition) is 5. The lowest BCUT2D eigenvalue weighted by Crippen LogP contribution is -2.47. The van der Waals surface area contributed by atoms with Gasteiger partial charge < -0.3 is 20.7 Å². The fourth-order valence-corrected chi connectivity index (χ4v) is 3.40. The van der Waals surface area contributed by atoms with Crippen molar-refractivity contribution in [3.63, 3.8) is 0 Å². The van der Waals surface area contributed by atoms with Crippen LogP contribution in [0.4, 0.5) is 4.39 Å². The number of aromatic nitrogens is 1. The summed E-state index contributed by atoms with van der Waals surface area (Å²) in [5.41, 5.74) is 1.56. The third-order valence-electron chi connectivity index (χ3n) is 5.05. The van der Waals surface area contributed by atoms with E-state index < -0.39 is 0 Å². The van der Waals surface area contributed by atoms with E-state index in [0.717, 1.165) is 18.7 Å². The van der Waals surface area contributed by atoms with E-state index in [-0.39, 0.29) is 41.7 Å². The molecule has 1 unspecified atom stereocenters. The first kappa shape index (κ1) is 25.9. The summed E-state index contributed by atoms with van der Waals surface area (Å²) in [6.07, 6.45) is 3.16. The minimum Gasteiger partial charge on any atom is -0.379 e. The van der Waals surface area contributed by atoms with E-state index in [1.807, 2.05) is 12.1 Å². The van der Waals surface area contributed by atoms with Crippen molar-refractivity contribution in [2.24, 2.45) is 4.99 Å². The Morgan fingerprint density at radius 3 is 2.53 bits per heavy atom. The molecule has 10 heteroatoms. The number of aliphatic imine (C=N–C) groups is 1. The Kier molecular flexibility index (Phi) is 11.3. The summed E-state index contributed by atoms with van der Waals surface area (Å²) in [6.45, 7) is 4.56. The number of nitrogens with zero attached hydrogens (tertiary/aromatic N) is 3. The average Bonchev–Trinajstić information content (AvgIpc) is 2.82. The average molecular weight is 556 g/mol. The molecule has 1 aromatic heterocycles. The Morgan fingerprint density at radius 1 is 1.16 bits per heavy atom. The second kappa shape index (κ2) is 14.0. The minimum atomic E-state index is -0.247. The van der Waals surface area contributed by atoms with Crippen molar-refractivity contribution in [2.45, 2.75) is 6.04 Å². The normalized spacial score (nSPS) is 15.4. The Hall–Kier alpha value is -2.31. The maximum Gasteiger partial charge on any atom is 0.252 e. The maximum absolute atomic E-state index is 13.4. The van der Waals surface area contributed by atoms with E-state index in [0.29, 0.717) is 44.4 Å². The summed E-state index contributed by atoms with van der Waals surface area (Å²) in [6, 6.07) is 10.1. The second-order valence-electron chi connectivity index (χ2n) is 7.09. The third-order valence-corrected chi connectivity index (χ3v) is 5.05. The predicted molar refractivity (Wildman–Crippen MR) is 133 cm³/mol. The van der Waals surface area contributed by atoms with Crippen molar-refractivity contribution in [3.8, 4) is 0 Å². The van der Waals surface area contributed by atoms with Gasteiger partial charge >= 0.3 is 0 Å². The van der Waals surface area contributed by atoms with Gasteiger partial charge in [0.2, 0.25) is 0 Å². The van der Waals surface area contributed by atoms with E-state index in [9.17, 15) is 9.18 Å². The van der Waals surface area contributed by atoms with Crippen molar-refractivity contribution < 1.29 is 13.9 Å². The van der Waals surface area contributed by atoms with Gasteiger partial charge in [0, 0.05) is 52.2 Å². The van der Waals surface area contributed by atoms with Crippen molar-refractivity contribution in [3.05, 3.63) is 65.7 Å².